The van der Waals surface area contributed by atoms with E-state index in [4.69, 9.17) is 11.6 Å². The van der Waals surface area contributed by atoms with E-state index in [-0.39, 0.29) is 10.6 Å². The number of rotatable bonds is 3. The Kier molecular flexibility index (Phi) is 3.15. The second kappa shape index (κ2) is 4.59. The molecule has 0 fully saturated rings. The number of nitro benzene ring substituents is 1. The molecule has 0 radical (unpaired) electrons. The molecule has 1 aromatic carbocycles. The fourth-order valence-corrected chi connectivity index (χ4v) is 1.88. The summed E-state index contributed by atoms with van der Waals surface area (Å²) in [5, 5.41) is 11.5. The maximum atomic E-state index is 10.9. The molecule has 0 bridgehead atoms. The maximum absolute atomic E-state index is 10.9. The van der Waals surface area contributed by atoms with Crippen LogP contribution in [0.4, 0.5) is 5.69 Å². The van der Waals surface area contributed by atoms with E-state index >= 15 is 0 Å². The van der Waals surface area contributed by atoms with E-state index in [1.165, 1.54) is 11.6 Å². The van der Waals surface area contributed by atoms with Crippen molar-refractivity contribution in [2.24, 2.45) is 0 Å². The van der Waals surface area contributed by atoms with Gasteiger partial charge in [-0.2, -0.15) is 0 Å². The summed E-state index contributed by atoms with van der Waals surface area (Å²) in [6.45, 7) is 2.55. The molecule has 0 saturated heterocycles. The highest BCUT2D eigenvalue weighted by atomic mass is 35.5. The number of aromatic nitrogens is 1. The van der Waals surface area contributed by atoms with E-state index in [2.05, 4.69) is 0 Å². The summed E-state index contributed by atoms with van der Waals surface area (Å²) in [4.78, 5) is 10.5. The molecule has 0 aliphatic rings. The third kappa shape index (κ3) is 2.17. The van der Waals surface area contributed by atoms with Crippen LogP contribution in [-0.2, 0) is 6.54 Å². The van der Waals surface area contributed by atoms with Crippen molar-refractivity contribution >= 4 is 28.2 Å². The number of hydrogen-bond acceptors (Lipinski definition) is 2. The average Bonchev–Trinajstić information content (AvgIpc) is 2.72. The summed E-state index contributed by atoms with van der Waals surface area (Å²) in [7, 11) is 0. The number of nitrogens with zero attached hydrogens (tertiary/aromatic N) is 2. The topological polar surface area (TPSA) is 48.1 Å². The van der Waals surface area contributed by atoms with Crippen LogP contribution in [0.5, 0.6) is 0 Å². The highest BCUT2D eigenvalue weighted by molar-refractivity contribution is 6.25. The van der Waals surface area contributed by atoms with Gasteiger partial charge in [0, 0.05) is 24.3 Å². The summed E-state index contributed by atoms with van der Waals surface area (Å²) in [6.07, 6.45) is 1.83. The SMILES string of the molecule is C/C(=C/Cl)Cn1ccc2c([N+](=O)[O-])cccc21. The molecule has 2 aromatic rings. The van der Waals surface area contributed by atoms with Gasteiger partial charge < -0.3 is 4.57 Å². The highest BCUT2D eigenvalue weighted by Gasteiger charge is 2.13. The van der Waals surface area contributed by atoms with Crippen molar-refractivity contribution in [3.63, 3.8) is 0 Å². The van der Waals surface area contributed by atoms with Crippen molar-refractivity contribution in [2.75, 3.05) is 0 Å². The van der Waals surface area contributed by atoms with E-state index in [1.54, 1.807) is 12.1 Å². The number of nitro groups is 1. The predicted octanol–water partition coefficient (Wildman–Crippen LogP) is 3.69. The summed E-state index contributed by atoms with van der Waals surface area (Å²) in [6, 6.07) is 6.83. The molecule has 88 valence electrons. The molecule has 0 unspecified atom stereocenters. The van der Waals surface area contributed by atoms with Crippen LogP contribution in [0.15, 0.2) is 41.6 Å². The molecule has 0 atom stereocenters. The van der Waals surface area contributed by atoms with Gasteiger partial charge in [-0.3, -0.25) is 10.1 Å². The molecule has 0 spiro atoms. The van der Waals surface area contributed by atoms with Crippen molar-refractivity contribution in [3.05, 3.63) is 51.7 Å². The quantitative estimate of drug-likeness (QED) is 0.616. The van der Waals surface area contributed by atoms with E-state index in [0.29, 0.717) is 11.9 Å². The van der Waals surface area contributed by atoms with Gasteiger partial charge in [0.15, 0.2) is 0 Å². The van der Waals surface area contributed by atoms with E-state index < -0.39 is 0 Å². The molecule has 2 rings (SSSR count). The van der Waals surface area contributed by atoms with Gasteiger partial charge >= 0.3 is 0 Å². The lowest BCUT2D eigenvalue weighted by atomic mass is 10.2. The van der Waals surface area contributed by atoms with Gasteiger partial charge in [-0.25, -0.2) is 0 Å². The Balaban J connectivity index is 2.55. The van der Waals surface area contributed by atoms with E-state index in [1.807, 2.05) is 23.8 Å². The van der Waals surface area contributed by atoms with Crippen molar-refractivity contribution in [1.82, 2.24) is 4.57 Å². The number of allylic oxidation sites excluding steroid dienone is 1. The van der Waals surface area contributed by atoms with Gasteiger partial charge in [0.05, 0.1) is 15.8 Å². The van der Waals surface area contributed by atoms with Crippen molar-refractivity contribution in [3.8, 4) is 0 Å². The van der Waals surface area contributed by atoms with Crippen LogP contribution in [0.2, 0.25) is 0 Å². The Bertz CT molecular complexity index is 602. The second-order valence-electron chi connectivity index (χ2n) is 3.87. The molecule has 0 N–H and O–H groups in total. The fraction of sp³-hybridized carbons (Fsp3) is 0.167. The first-order valence-corrected chi connectivity index (χ1v) is 5.55. The second-order valence-corrected chi connectivity index (χ2v) is 4.08. The van der Waals surface area contributed by atoms with Crippen molar-refractivity contribution in [1.29, 1.82) is 0 Å². The zero-order valence-corrected chi connectivity index (χ0v) is 10.0. The third-order valence-electron chi connectivity index (χ3n) is 2.59. The monoisotopic (exact) mass is 250 g/mol. The lowest BCUT2D eigenvalue weighted by Crippen LogP contribution is -1.97. The highest BCUT2D eigenvalue weighted by Crippen LogP contribution is 2.26. The number of halogens is 1. The molecule has 0 aliphatic heterocycles. The van der Waals surface area contributed by atoms with Gasteiger partial charge in [-0.15, -0.1) is 0 Å². The van der Waals surface area contributed by atoms with Crippen molar-refractivity contribution < 1.29 is 4.92 Å². The first-order chi connectivity index (χ1) is 8.13. The Labute approximate surface area is 103 Å². The number of hydrogen-bond donors (Lipinski definition) is 0. The van der Waals surface area contributed by atoms with Crippen LogP contribution in [0.3, 0.4) is 0 Å². The smallest absolute Gasteiger partial charge is 0.278 e. The average molecular weight is 251 g/mol. The maximum Gasteiger partial charge on any atom is 0.278 e. The largest absolute Gasteiger partial charge is 0.343 e. The number of fused-ring (bicyclic) bond motifs is 1. The normalized spacial score (nSPS) is 12.0. The molecule has 1 aromatic heterocycles. The van der Waals surface area contributed by atoms with Crippen LogP contribution in [0.25, 0.3) is 10.9 Å². The Hall–Kier alpha value is -1.81. The van der Waals surface area contributed by atoms with Gasteiger partial charge in [-0.1, -0.05) is 17.7 Å². The first-order valence-electron chi connectivity index (χ1n) is 5.11. The predicted molar refractivity (Wildman–Crippen MR) is 68.2 cm³/mol. The minimum atomic E-state index is -0.364. The Morgan fingerprint density at radius 3 is 2.94 bits per heavy atom. The van der Waals surface area contributed by atoms with Crippen LogP contribution in [-0.4, -0.2) is 9.49 Å². The summed E-state index contributed by atoms with van der Waals surface area (Å²) < 4.78 is 1.94. The zero-order valence-electron chi connectivity index (χ0n) is 9.26. The van der Waals surface area contributed by atoms with Crippen LogP contribution in [0, 0.1) is 10.1 Å². The minimum absolute atomic E-state index is 0.133. The lowest BCUT2D eigenvalue weighted by Gasteiger charge is -2.04. The number of benzene rings is 1. The molecular formula is C12H11ClN2O2. The first kappa shape index (κ1) is 11.7. The van der Waals surface area contributed by atoms with Crippen molar-refractivity contribution in [2.45, 2.75) is 13.5 Å². The molecule has 5 heteroatoms. The fourth-order valence-electron chi connectivity index (χ4n) is 1.81. The van der Waals surface area contributed by atoms with Gasteiger partial charge in [0.1, 0.15) is 0 Å². The van der Waals surface area contributed by atoms with Crippen LogP contribution < -0.4 is 0 Å². The summed E-state index contributed by atoms with van der Waals surface area (Å²) in [5.74, 6) is 0. The Morgan fingerprint density at radius 1 is 1.53 bits per heavy atom. The van der Waals surface area contributed by atoms with Gasteiger partial charge in [0.25, 0.3) is 5.69 Å². The number of non-ortho nitro benzene ring substituents is 1. The summed E-state index contributed by atoms with van der Waals surface area (Å²) >= 11 is 5.62. The molecule has 4 nitrogen and oxygen atoms in total. The molecule has 1 heterocycles. The lowest BCUT2D eigenvalue weighted by molar-refractivity contribution is -0.383. The van der Waals surface area contributed by atoms with E-state index in [0.717, 1.165) is 11.1 Å². The zero-order chi connectivity index (χ0) is 12.4. The van der Waals surface area contributed by atoms with Crippen LogP contribution >= 0.6 is 11.6 Å². The molecule has 0 amide bonds. The molecule has 17 heavy (non-hydrogen) atoms. The molecule has 0 saturated carbocycles. The van der Waals surface area contributed by atoms with Crippen LogP contribution in [0.1, 0.15) is 6.92 Å². The van der Waals surface area contributed by atoms with E-state index in [9.17, 15) is 10.1 Å². The molecule has 0 aliphatic carbocycles. The standard InChI is InChI=1S/C12H11ClN2O2/c1-9(7-13)8-14-6-5-10-11(14)3-2-4-12(10)15(16)17/h2-7H,8H2,1H3/b9-7-. The summed E-state index contributed by atoms with van der Waals surface area (Å²) in [5.41, 5.74) is 3.49. The Morgan fingerprint density at radius 2 is 2.29 bits per heavy atom. The minimum Gasteiger partial charge on any atom is -0.343 e. The third-order valence-corrected chi connectivity index (χ3v) is 2.97. The van der Waals surface area contributed by atoms with Gasteiger partial charge in [0.2, 0.25) is 0 Å². The molecular weight excluding hydrogens is 240 g/mol. The van der Waals surface area contributed by atoms with Gasteiger partial charge in [-0.05, 0) is 24.6 Å².